The predicted molar refractivity (Wildman–Crippen MR) is 82.4 cm³/mol. The largest absolute Gasteiger partial charge is 0.504 e. The number of likely N-dealkylation sites (N-methyl/N-ethyl adjacent to an activating group) is 1. The van der Waals surface area contributed by atoms with Crippen molar-refractivity contribution in [2.24, 2.45) is 0 Å². The zero-order valence-corrected chi connectivity index (χ0v) is 11.4. The number of hydrogen-bond donors (Lipinski definition) is 3. The van der Waals surface area contributed by atoms with Gasteiger partial charge in [0.2, 0.25) is 0 Å². The van der Waals surface area contributed by atoms with Crippen LogP contribution in [0.2, 0.25) is 0 Å². The second kappa shape index (κ2) is 5.02. The summed E-state index contributed by atoms with van der Waals surface area (Å²) in [6.07, 6.45) is 0.929. The van der Waals surface area contributed by atoms with Crippen LogP contribution in [-0.4, -0.2) is 23.8 Å². The topological polar surface area (TPSA) is 52.5 Å². The lowest BCUT2D eigenvalue weighted by Gasteiger charge is -2.11. The Morgan fingerprint density at radius 3 is 2.55 bits per heavy atom. The molecule has 0 atom stereocenters. The summed E-state index contributed by atoms with van der Waals surface area (Å²) < 4.78 is 0. The van der Waals surface area contributed by atoms with Gasteiger partial charge in [-0.2, -0.15) is 0 Å². The van der Waals surface area contributed by atoms with Gasteiger partial charge in [0.1, 0.15) is 0 Å². The molecule has 0 radical (unpaired) electrons. The minimum Gasteiger partial charge on any atom is -0.504 e. The van der Waals surface area contributed by atoms with Crippen molar-refractivity contribution < 1.29 is 10.2 Å². The van der Waals surface area contributed by atoms with Gasteiger partial charge in [-0.3, -0.25) is 0 Å². The van der Waals surface area contributed by atoms with Crippen LogP contribution in [0.5, 0.6) is 11.5 Å². The van der Waals surface area contributed by atoms with E-state index in [1.54, 1.807) is 0 Å². The van der Waals surface area contributed by atoms with E-state index in [4.69, 9.17) is 0 Å². The average molecular weight is 267 g/mol. The molecule has 3 nitrogen and oxygen atoms in total. The van der Waals surface area contributed by atoms with Crippen LogP contribution in [0.25, 0.3) is 21.5 Å². The van der Waals surface area contributed by atoms with Crippen LogP contribution in [0.1, 0.15) is 5.56 Å². The minimum atomic E-state index is -0.0781. The SMILES string of the molecule is CNCCc1cccc2c1ccc1ccc(O)c(O)c12. The first-order valence-electron chi connectivity index (χ1n) is 6.72. The number of phenols is 2. The molecule has 3 heteroatoms. The molecule has 3 N–H and O–H groups in total. The molecule has 102 valence electrons. The van der Waals surface area contributed by atoms with E-state index < -0.39 is 0 Å². The van der Waals surface area contributed by atoms with Gasteiger partial charge in [-0.05, 0) is 47.8 Å². The van der Waals surface area contributed by atoms with Crippen molar-refractivity contribution in [1.82, 2.24) is 5.32 Å². The Morgan fingerprint density at radius 1 is 0.950 bits per heavy atom. The molecule has 20 heavy (non-hydrogen) atoms. The number of fused-ring (bicyclic) bond motifs is 3. The first-order valence-corrected chi connectivity index (χ1v) is 6.72. The second-order valence-electron chi connectivity index (χ2n) is 4.96. The highest BCUT2D eigenvalue weighted by molar-refractivity contribution is 6.12. The van der Waals surface area contributed by atoms with E-state index in [-0.39, 0.29) is 11.5 Å². The molecule has 0 bridgehead atoms. The first-order chi connectivity index (χ1) is 9.72. The fourth-order valence-corrected chi connectivity index (χ4v) is 2.70. The Morgan fingerprint density at radius 2 is 1.75 bits per heavy atom. The van der Waals surface area contributed by atoms with Gasteiger partial charge in [-0.1, -0.05) is 36.4 Å². The fourth-order valence-electron chi connectivity index (χ4n) is 2.70. The van der Waals surface area contributed by atoms with Crippen LogP contribution >= 0.6 is 0 Å². The van der Waals surface area contributed by atoms with E-state index in [1.165, 1.54) is 11.6 Å². The lowest BCUT2D eigenvalue weighted by molar-refractivity contribution is 0.408. The number of rotatable bonds is 3. The molecule has 0 amide bonds. The van der Waals surface area contributed by atoms with Crippen molar-refractivity contribution in [2.75, 3.05) is 13.6 Å². The number of aromatic hydroxyl groups is 2. The normalized spacial score (nSPS) is 11.2. The molecule has 0 saturated carbocycles. The highest BCUT2D eigenvalue weighted by Gasteiger charge is 2.10. The van der Waals surface area contributed by atoms with Crippen LogP contribution in [-0.2, 0) is 6.42 Å². The molecule has 0 heterocycles. The summed E-state index contributed by atoms with van der Waals surface area (Å²) in [6, 6.07) is 13.5. The van der Waals surface area contributed by atoms with Crippen molar-refractivity contribution in [1.29, 1.82) is 0 Å². The molecule has 3 aromatic carbocycles. The van der Waals surface area contributed by atoms with E-state index in [1.807, 2.05) is 31.3 Å². The van der Waals surface area contributed by atoms with Gasteiger partial charge in [0.15, 0.2) is 11.5 Å². The Labute approximate surface area is 117 Å². The third kappa shape index (κ3) is 1.96. The molecule has 0 aliphatic carbocycles. The molecular formula is C17H17NO2. The number of benzene rings is 3. The Kier molecular flexibility index (Phi) is 3.20. The van der Waals surface area contributed by atoms with Gasteiger partial charge >= 0.3 is 0 Å². The average Bonchev–Trinajstić information content (AvgIpc) is 2.48. The number of phenolic OH excluding ortho intramolecular Hbond substituents is 2. The van der Waals surface area contributed by atoms with Crippen LogP contribution in [0, 0.1) is 0 Å². The van der Waals surface area contributed by atoms with Gasteiger partial charge < -0.3 is 15.5 Å². The lowest BCUT2D eigenvalue weighted by atomic mass is 9.96. The molecule has 0 aliphatic rings. The molecule has 0 aliphatic heterocycles. The summed E-state index contributed by atoms with van der Waals surface area (Å²) >= 11 is 0. The molecule has 0 aromatic heterocycles. The summed E-state index contributed by atoms with van der Waals surface area (Å²) in [5.41, 5.74) is 1.24. The predicted octanol–water partition coefficient (Wildman–Crippen LogP) is 3.17. The monoisotopic (exact) mass is 267 g/mol. The third-order valence-electron chi connectivity index (χ3n) is 3.73. The molecule has 0 spiro atoms. The Hall–Kier alpha value is -2.26. The highest BCUT2D eigenvalue weighted by atomic mass is 16.3. The van der Waals surface area contributed by atoms with Crippen LogP contribution in [0.3, 0.4) is 0 Å². The Balaban J connectivity index is 2.34. The quantitative estimate of drug-likeness (QED) is 0.504. The van der Waals surface area contributed by atoms with Gasteiger partial charge in [0.05, 0.1) is 0 Å². The summed E-state index contributed by atoms with van der Waals surface area (Å²) in [4.78, 5) is 0. The van der Waals surface area contributed by atoms with Crippen molar-refractivity contribution in [3.63, 3.8) is 0 Å². The molecule has 0 fully saturated rings. The molecule has 3 rings (SSSR count). The third-order valence-corrected chi connectivity index (χ3v) is 3.73. The zero-order chi connectivity index (χ0) is 14.1. The molecule has 3 aromatic rings. The van der Waals surface area contributed by atoms with E-state index in [0.717, 1.165) is 29.1 Å². The molecule has 0 saturated heterocycles. The summed E-state index contributed by atoms with van der Waals surface area (Å²) in [7, 11) is 1.93. The summed E-state index contributed by atoms with van der Waals surface area (Å²) in [5.74, 6) is -0.121. The first kappa shape index (κ1) is 12.8. The van der Waals surface area contributed by atoms with Crippen molar-refractivity contribution in [2.45, 2.75) is 6.42 Å². The lowest BCUT2D eigenvalue weighted by Crippen LogP contribution is -2.10. The second-order valence-corrected chi connectivity index (χ2v) is 4.96. The number of nitrogens with one attached hydrogen (secondary N) is 1. The number of hydrogen-bond acceptors (Lipinski definition) is 3. The van der Waals surface area contributed by atoms with Crippen molar-refractivity contribution in [3.05, 3.63) is 48.0 Å². The minimum absolute atomic E-state index is 0.0427. The van der Waals surface area contributed by atoms with Gasteiger partial charge in [0, 0.05) is 5.39 Å². The molecule has 0 unspecified atom stereocenters. The van der Waals surface area contributed by atoms with Crippen LogP contribution in [0.15, 0.2) is 42.5 Å². The zero-order valence-electron chi connectivity index (χ0n) is 11.4. The van der Waals surface area contributed by atoms with E-state index in [0.29, 0.717) is 5.39 Å². The maximum absolute atomic E-state index is 10.2. The fraction of sp³-hybridized carbons (Fsp3) is 0.176. The smallest absolute Gasteiger partial charge is 0.166 e. The Bertz CT molecular complexity index is 781. The van der Waals surface area contributed by atoms with Gasteiger partial charge in [-0.25, -0.2) is 0 Å². The molecular weight excluding hydrogens is 250 g/mol. The summed E-state index contributed by atoms with van der Waals surface area (Å²) in [6.45, 7) is 0.906. The van der Waals surface area contributed by atoms with E-state index in [9.17, 15) is 10.2 Å². The van der Waals surface area contributed by atoms with Crippen molar-refractivity contribution >= 4 is 21.5 Å². The van der Waals surface area contributed by atoms with Crippen LogP contribution < -0.4 is 5.32 Å². The van der Waals surface area contributed by atoms with E-state index in [2.05, 4.69) is 17.4 Å². The summed E-state index contributed by atoms with van der Waals surface area (Å²) in [5, 5.41) is 26.8. The standard InChI is InChI=1S/C17H17NO2/c1-18-10-9-11-3-2-4-14-13(11)7-5-12-6-8-15(19)17(20)16(12)14/h2-8,18-20H,9-10H2,1H3. The maximum atomic E-state index is 10.2. The van der Waals surface area contributed by atoms with E-state index >= 15 is 0 Å². The van der Waals surface area contributed by atoms with Gasteiger partial charge in [-0.15, -0.1) is 0 Å². The maximum Gasteiger partial charge on any atom is 0.166 e. The van der Waals surface area contributed by atoms with Crippen LogP contribution in [0.4, 0.5) is 0 Å². The highest BCUT2D eigenvalue weighted by Crippen LogP contribution is 2.38. The van der Waals surface area contributed by atoms with Crippen molar-refractivity contribution in [3.8, 4) is 11.5 Å². The van der Waals surface area contributed by atoms with Gasteiger partial charge in [0.25, 0.3) is 0 Å².